The molecule has 0 aliphatic rings. The third kappa shape index (κ3) is 1.89. The highest BCUT2D eigenvalue weighted by molar-refractivity contribution is 14.1. The lowest BCUT2D eigenvalue weighted by Crippen LogP contribution is -1.95. The molecule has 1 rings (SSSR count). The van der Waals surface area contributed by atoms with Crippen LogP contribution in [0.15, 0.2) is 12.1 Å². The summed E-state index contributed by atoms with van der Waals surface area (Å²) in [5, 5.41) is 29.9. The summed E-state index contributed by atoms with van der Waals surface area (Å²) in [7, 11) is 0. The normalized spacial score (nSPS) is 9.79. The molecule has 0 spiro atoms. The highest BCUT2D eigenvalue weighted by atomic mass is 127. The molecule has 74 valence electrons. The first-order chi connectivity index (χ1) is 6.43. The molecular formula is C6H3IN2O5. The molecule has 0 heterocycles. The molecule has 0 fully saturated rings. The number of aromatic hydroxyl groups is 1. The molecule has 14 heavy (non-hydrogen) atoms. The van der Waals surface area contributed by atoms with Crippen molar-refractivity contribution in [2.24, 2.45) is 0 Å². The summed E-state index contributed by atoms with van der Waals surface area (Å²) in [4.78, 5) is 19.0. The largest absolute Gasteiger partial charge is 0.497 e. The van der Waals surface area contributed by atoms with Crippen LogP contribution in [0.3, 0.4) is 0 Å². The monoisotopic (exact) mass is 310 g/mol. The highest BCUT2D eigenvalue weighted by Crippen LogP contribution is 2.36. The Morgan fingerprint density at radius 3 is 1.79 bits per heavy atom. The van der Waals surface area contributed by atoms with Gasteiger partial charge in [0, 0.05) is 15.7 Å². The van der Waals surface area contributed by atoms with Crippen LogP contribution in [0.25, 0.3) is 0 Å². The third-order valence-electron chi connectivity index (χ3n) is 1.43. The first-order valence-electron chi connectivity index (χ1n) is 3.24. The van der Waals surface area contributed by atoms with Gasteiger partial charge in [-0.1, -0.05) is 0 Å². The SMILES string of the molecule is O=[N+]([O-])c1cc(I)cc([N+](=O)[O-])c1O. The predicted molar refractivity (Wildman–Crippen MR) is 54.1 cm³/mol. The van der Waals surface area contributed by atoms with E-state index >= 15 is 0 Å². The smallest absolute Gasteiger partial charge is 0.319 e. The zero-order valence-corrected chi connectivity index (χ0v) is 8.66. The van der Waals surface area contributed by atoms with Crippen molar-refractivity contribution in [1.82, 2.24) is 0 Å². The molecule has 0 aliphatic carbocycles. The van der Waals surface area contributed by atoms with Crippen LogP contribution in [0.4, 0.5) is 11.4 Å². The maximum Gasteiger partial charge on any atom is 0.319 e. The van der Waals surface area contributed by atoms with Gasteiger partial charge in [0.1, 0.15) is 0 Å². The van der Waals surface area contributed by atoms with Gasteiger partial charge in [-0.05, 0) is 22.6 Å². The fourth-order valence-corrected chi connectivity index (χ4v) is 1.44. The van der Waals surface area contributed by atoms with E-state index in [2.05, 4.69) is 0 Å². The molecule has 1 aromatic carbocycles. The number of hydrogen-bond donors (Lipinski definition) is 1. The van der Waals surface area contributed by atoms with Gasteiger partial charge in [-0.25, -0.2) is 0 Å². The lowest BCUT2D eigenvalue weighted by Gasteiger charge is -1.98. The fourth-order valence-electron chi connectivity index (χ4n) is 0.849. The van der Waals surface area contributed by atoms with E-state index in [1.54, 1.807) is 22.6 Å². The Morgan fingerprint density at radius 1 is 1.14 bits per heavy atom. The minimum absolute atomic E-state index is 0.318. The van der Waals surface area contributed by atoms with Crippen molar-refractivity contribution in [2.45, 2.75) is 0 Å². The lowest BCUT2D eigenvalue weighted by atomic mass is 10.2. The van der Waals surface area contributed by atoms with Gasteiger partial charge in [-0.3, -0.25) is 20.2 Å². The van der Waals surface area contributed by atoms with Crippen molar-refractivity contribution in [3.8, 4) is 5.75 Å². The average molecular weight is 310 g/mol. The first kappa shape index (κ1) is 10.6. The molecular weight excluding hydrogens is 307 g/mol. The Balaban J connectivity index is 3.47. The highest BCUT2D eigenvalue weighted by Gasteiger charge is 2.25. The van der Waals surface area contributed by atoms with Gasteiger partial charge in [-0.2, -0.15) is 0 Å². The van der Waals surface area contributed by atoms with Gasteiger partial charge in [0.25, 0.3) is 5.75 Å². The van der Waals surface area contributed by atoms with Crippen molar-refractivity contribution in [3.63, 3.8) is 0 Å². The maximum atomic E-state index is 10.4. The van der Waals surface area contributed by atoms with Crippen LogP contribution in [-0.4, -0.2) is 15.0 Å². The fraction of sp³-hybridized carbons (Fsp3) is 0. The Labute approximate surface area is 90.8 Å². The molecule has 0 bridgehead atoms. The van der Waals surface area contributed by atoms with Crippen LogP contribution in [0, 0.1) is 23.8 Å². The molecule has 1 aromatic rings. The van der Waals surface area contributed by atoms with E-state index in [1.165, 1.54) is 0 Å². The first-order valence-corrected chi connectivity index (χ1v) is 4.32. The molecule has 0 atom stereocenters. The summed E-state index contributed by atoms with van der Waals surface area (Å²) in [6.07, 6.45) is 0. The molecule has 0 aliphatic heterocycles. The van der Waals surface area contributed by atoms with Gasteiger partial charge in [0.05, 0.1) is 9.85 Å². The van der Waals surface area contributed by atoms with Crippen LogP contribution in [0.5, 0.6) is 5.75 Å². The minimum Gasteiger partial charge on any atom is -0.497 e. The van der Waals surface area contributed by atoms with Gasteiger partial charge >= 0.3 is 11.4 Å². The Hall–Kier alpha value is -1.45. The molecule has 0 saturated heterocycles. The van der Waals surface area contributed by atoms with E-state index in [4.69, 9.17) is 5.11 Å². The number of nitro benzene ring substituents is 2. The second kappa shape index (κ2) is 3.74. The number of hydrogen-bond acceptors (Lipinski definition) is 5. The zero-order chi connectivity index (χ0) is 10.9. The van der Waals surface area contributed by atoms with E-state index in [0.29, 0.717) is 3.57 Å². The zero-order valence-electron chi connectivity index (χ0n) is 6.51. The Kier molecular flexibility index (Phi) is 2.84. The van der Waals surface area contributed by atoms with E-state index in [1.807, 2.05) is 0 Å². The number of nitro groups is 2. The van der Waals surface area contributed by atoms with Crippen LogP contribution in [-0.2, 0) is 0 Å². The molecule has 0 radical (unpaired) electrons. The summed E-state index contributed by atoms with van der Waals surface area (Å²) in [6, 6.07) is 2.12. The summed E-state index contributed by atoms with van der Waals surface area (Å²) in [5.41, 5.74) is -1.33. The molecule has 0 aromatic heterocycles. The van der Waals surface area contributed by atoms with Gasteiger partial charge in [-0.15, -0.1) is 0 Å². The number of halogens is 1. The number of phenols is 1. The van der Waals surface area contributed by atoms with E-state index in [-0.39, 0.29) is 0 Å². The number of nitrogens with zero attached hydrogens (tertiary/aromatic N) is 2. The van der Waals surface area contributed by atoms with Gasteiger partial charge in [0.2, 0.25) is 0 Å². The molecule has 0 unspecified atom stereocenters. The molecule has 0 saturated carbocycles. The standard InChI is InChI=1S/C6H3IN2O5/c7-3-1-4(8(11)12)6(10)5(2-3)9(13)14/h1-2,10H. The maximum absolute atomic E-state index is 10.4. The topological polar surface area (TPSA) is 107 Å². The van der Waals surface area contributed by atoms with Crippen molar-refractivity contribution < 1.29 is 15.0 Å². The minimum atomic E-state index is -0.916. The predicted octanol–water partition coefficient (Wildman–Crippen LogP) is 1.81. The van der Waals surface area contributed by atoms with Crippen molar-refractivity contribution in [2.75, 3.05) is 0 Å². The van der Waals surface area contributed by atoms with E-state index < -0.39 is 27.0 Å². The van der Waals surface area contributed by atoms with Crippen LogP contribution in [0.1, 0.15) is 0 Å². The summed E-state index contributed by atoms with van der Waals surface area (Å²) < 4.78 is 0.318. The summed E-state index contributed by atoms with van der Waals surface area (Å²) in [6.45, 7) is 0. The van der Waals surface area contributed by atoms with Crippen molar-refractivity contribution >= 4 is 34.0 Å². The van der Waals surface area contributed by atoms with Gasteiger partial charge in [0.15, 0.2) is 0 Å². The third-order valence-corrected chi connectivity index (χ3v) is 2.05. The van der Waals surface area contributed by atoms with Crippen LogP contribution in [0.2, 0.25) is 0 Å². The molecule has 0 amide bonds. The van der Waals surface area contributed by atoms with E-state index in [9.17, 15) is 20.2 Å². The van der Waals surface area contributed by atoms with Crippen molar-refractivity contribution in [1.29, 1.82) is 0 Å². The number of benzene rings is 1. The van der Waals surface area contributed by atoms with Crippen LogP contribution >= 0.6 is 22.6 Å². The molecule has 1 N–H and O–H groups in total. The Morgan fingerprint density at radius 2 is 1.50 bits per heavy atom. The summed E-state index contributed by atoms with van der Waals surface area (Å²) in [5.74, 6) is -0.916. The second-order valence-corrected chi connectivity index (χ2v) is 3.55. The Bertz CT molecular complexity index is 384. The number of rotatable bonds is 2. The lowest BCUT2D eigenvalue weighted by molar-refractivity contribution is -0.396. The molecule has 8 heteroatoms. The quantitative estimate of drug-likeness (QED) is 0.509. The molecule has 7 nitrogen and oxygen atoms in total. The van der Waals surface area contributed by atoms with Gasteiger partial charge < -0.3 is 5.11 Å². The second-order valence-electron chi connectivity index (χ2n) is 2.31. The average Bonchev–Trinajstić information content (AvgIpc) is 2.07. The number of phenolic OH excluding ortho intramolecular Hbond substituents is 1. The van der Waals surface area contributed by atoms with Crippen molar-refractivity contribution in [3.05, 3.63) is 35.9 Å². The summed E-state index contributed by atoms with van der Waals surface area (Å²) >= 11 is 1.69. The van der Waals surface area contributed by atoms with E-state index in [0.717, 1.165) is 12.1 Å². The van der Waals surface area contributed by atoms with Crippen LogP contribution < -0.4 is 0 Å².